The SMILES string of the molecule is Cc1ccc(C)c([C@@H]2CN(S(=O)(=O)CCCC#N)[C@H](C)CO2)c1. The fraction of sp³-hybridized carbons (Fsp3) is 0.588. The Kier molecular flexibility index (Phi) is 5.79. The molecule has 6 heteroatoms. The molecule has 126 valence electrons. The van der Waals surface area contributed by atoms with Crippen LogP contribution in [0.1, 0.15) is 42.6 Å². The third-order valence-corrected chi connectivity index (χ3v) is 6.23. The van der Waals surface area contributed by atoms with Gasteiger partial charge in [-0.1, -0.05) is 23.8 Å². The van der Waals surface area contributed by atoms with E-state index in [1.54, 1.807) is 4.31 Å². The van der Waals surface area contributed by atoms with E-state index in [0.29, 0.717) is 19.6 Å². The molecule has 0 aliphatic carbocycles. The van der Waals surface area contributed by atoms with Crippen molar-refractivity contribution < 1.29 is 13.2 Å². The molecule has 2 rings (SSSR count). The van der Waals surface area contributed by atoms with Crippen molar-refractivity contribution in [2.24, 2.45) is 0 Å². The van der Waals surface area contributed by atoms with E-state index in [9.17, 15) is 8.42 Å². The fourth-order valence-electron chi connectivity index (χ4n) is 2.87. The summed E-state index contributed by atoms with van der Waals surface area (Å²) >= 11 is 0. The Morgan fingerprint density at radius 2 is 2.13 bits per heavy atom. The van der Waals surface area contributed by atoms with Crippen molar-refractivity contribution >= 4 is 10.0 Å². The van der Waals surface area contributed by atoms with Gasteiger partial charge in [0.2, 0.25) is 10.0 Å². The van der Waals surface area contributed by atoms with Crippen molar-refractivity contribution in [1.82, 2.24) is 4.31 Å². The van der Waals surface area contributed by atoms with E-state index >= 15 is 0 Å². The average molecular weight is 336 g/mol. The molecule has 0 spiro atoms. The largest absolute Gasteiger partial charge is 0.370 e. The molecule has 0 N–H and O–H groups in total. The first-order valence-electron chi connectivity index (χ1n) is 7.90. The number of morpholine rings is 1. The van der Waals surface area contributed by atoms with E-state index in [1.807, 2.05) is 39.0 Å². The van der Waals surface area contributed by atoms with Gasteiger partial charge in [-0.3, -0.25) is 0 Å². The van der Waals surface area contributed by atoms with Gasteiger partial charge < -0.3 is 4.74 Å². The maximum absolute atomic E-state index is 12.6. The minimum absolute atomic E-state index is 0.0183. The monoisotopic (exact) mass is 336 g/mol. The maximum Gasteiger partial charge on any atom is 0.214 e. The van der Waals surface area contributed by atoms with Crippen molar-refractivity contribution in [1.29, 1.82) is 5.26 Å². The summed E-state index contributed by atoms with van der Waals surface area (Å²) in [6.07, 6.45) is 0.395. The number of hydrogen-bond acceptors (Lipinski definition) is 4. The molecular formula is C17H24N2O3S. The molecule has 1 saturated heterocycles. The summed E-state index contributed by atoms with van der Waals surface area (Å²) in [6.45, 7) is 6.61. The molecule has 1 heterocycles. The molecule has 0 radical (unpaired) electrons. The predicted molar refractivity (Wildman–Crippen MR) is 89.4 cm³/mol. The number of aryl methyl sites for hydroxylation is 2. The maximum atomic E-state index is 12.6. The molecule has 23 heavy (non-hydrogen) atoms. The van der Waals surface area contributed by atoms with Crippen LogP contribution < -0.4 is 0 Å². The molecule has 2 atom stereocenters. The number of nitrogens with zero attached hydrogens (tertiary/aromatic N) is 2. The number of benzene rings is 1. The summed E-state index contributed by atoms with van der Waals surface area (Å²) in [4.78, 5) is 0. The Balaban J connectivity index is 2.19. The first-order valence-corrected chi connectivity index (χ1v) is 9.51. The van der Waals surface area contributed by atoms with Crippen molar-refractivity contribution in [3.05, 3.63) is 34.9 Å². The summed E-state index contributed by atoms with van der Waals surface area (Å²) in [5.41, 5.74) is 3.29. The normalized spacial score (nSPS) is 22.7. The molecule has 5 nitrogen and oxygen atoms in total. The third-order valence-electron chi connectivity index (χ3n) is 4.21. The van der Waals surface area contributed by atoms with E-state index in [-0.39, 0.29) is 24.3 Å². The Labute approximate surface area is 138 Å². The number of ether oxygens (including phenoxy) is 1. The first-order chi connectivity index (χ1) is 10.8. The highest BCUT2D eigenvalue weighted by Crippen LogP contribution is 2.29. The molecule has 1 aromatic rings. The zero-order chi connectivity index (χ0) is 17.0. The van der Waals surface area contributed by atoms with Gasteiger partial charge in [0.05, 0.1) is 24.5 Å². The Morgan fingerprint density at radius 3 is 2.83 bits per heavy atom. The third kappa shape index (κ3) is 4.31. The van der Waals surface area contributed by atoms with Crippen LogP contribution in [0, 0.1) is 25.2 Å². The molecule has 0 amide bonds. The molecule has 1 aromatic carbocycles. The highest BCUT2D eigenvalue weighted by molar-refractivity contribution is 7.89. The molecular weight excluding hydrogens is 312 g/mol. The second-order valence-corrected chi connectivity index (χ2v) is 8.22. The summed E-state index contributed by atoms with van der Waals surface area (Å²) < 4.78 is 32.6. The van der Waals surface area contributed by atoms with E-state index in [2.05, 4.69) is 6.07 Å². The van der Waals surface area contributed by atoms with Gasteiger partial charge in [0, 0.05) is 19.0 Å². The van der Waals surface area contributed by atoms with E-state index in [1.165, 1.54) is 0 Å². The zero-order valence-corrected chi connectivity index (χ0v) is 14.8. The van der Waals surface area contributed by atoms with Crippen molar-refractivity contribution in [2.45, 2.75) is 45.8 Å². The van der Waals surface area contributed by atoms with Crippen molar-refractivity contribution in [3.8, 4) is 6.07 Å². The van der Waals surface area contributed by atoms with Gasteiger partial charge in [-0.2, -0.15) is 9.57 Å². The van der Waals surface area contributed by atoms with Gasteiger partial charge in [0.15, 0.2) is 0 Å². The molecule has 0 bridgehead atoms. The van der Waals surface area contributed by atoms with Crippen LogP contribution in [-0.2, 0) is 14.8 Å². The highest BCUT2D eigenvalue weighted by Gasteiger charge is 2.35. The topological polar surface area (TPSA) is 70.4 Å². The average Bonchev–Trinajstić information content (AvgIpc) is 2.50. The van der Waals surface area contributed by atoms with E-state index < -0.39 is 10.0 Å². The molecule has 0 saturated carbocycles. The van der Waals surface area contributed by atoms with Crippen molar-refractivity contribution in [2.75, 3.05) is 18.9 Å². The smallest absolute Gasteiger partial charge is 0.214 e. The first kappa shape index (κ1) is 17.9. The van der Waals surface area contributed by atoms with Gasteiger partial charge in [-0.15, -0.1) is 0 Å². The minimum Gasteiger partial charge on any atom is -0.370 e. The van der Waals surface area contributed by atoms with Crippen LogP contribution in [-0.4, -0.2) is 37.7 Å². The fourth-order valence-corrected chi connectivity index (χ4v) is 4.58. The van der Waals surface area contributed by atoms with E-state index in [0.717, 1.165) is 16.7 Å². The quantitative estimate of drug-likeness (QED) is 0.775. The second-order valence-electron chi connectivity index (χ2n) is 6.18. The number of sulfonamides is 1. The molecule has 0 aromatic heterocycles. The van der Waals surface area contributed by atoms with Crippen LogP contribution in [0.5, 0.6) is 0 Å². The van der Waals surface area contributed by atoms with E-state index in [4.69, 9.17) is 10.00 Å². The lowest BCUT2D eigenvalue weighted by molar-refractivity contribution is -0.0291. The summed E-state index contributed by atoms with van der Waals surface area (Å²) in [7, 11) is -3.37. The Morgan fingerprint density at radius 1 is 1.39 bits per heavy atom. The number of unbranched alkanes of at least 4 members (excludes halogenated alkanes) is 1. The van der Waals surface area contributed by atoms with Crippen LogP contribution in [0.2, 0.25) is 0 Å². The molecule has 1 fully saturated rings. The minimum atomic E-state index is -3.37. The standard InChI is InChI=1S/C17H24N2O3S/c1-13-6-7-14(2)16(10-13)17-11-19(15(3)12-22-17)23(20,21)9-5-4-8-18/h6-7,10,15,17H,4-5,9,11-12H2,1-3H3/t15-,17+/m1/s1. The van der Waals surface area contributed by atoms with Gasteiger partial charge in [-0.25, -0.2) is 8.42 Å². The molecule has 0 unspecified atom stereocenters. The van der Waals surface area contributed by atoms with Crippen molar-refractivity contribution in [3.63, 3.8) is 0 Å². The van der Waals surface area contributed by atoms with Crippen LogP contribution in [0.4, 0.5) is 0 Å². The lowest BCUT2D eigenvalue weighted by atomic mass is 9.99. The summed E-state index contributed by atoms with van der Waals surface area (Å²) in [5, 5.41) is 8.59. The van der Waals surface area contributed by atoms with Gasteiger partial charge in [0.1, 0.15) is 0 Å². The van der Waals surface area contributed by atoms with Gasteiger partial charge in [0.25, 0.3) is 0 Å². The second kappa shape index (κ2) is 7.43. The lowest BCUT2D eigenvalue weighted by Gasteiger charge is -2.37. The highest BCUT2D eigenvalue weighted by atomic mass is 32.2. The van der Waals surface area contributed by atoms with Crippen LogP contribution in [0.15, 0.2) is 18.2 Å². The van der Waals surface area contributed by atoms with Gasteiger partial charge in [-0.05, 0) is 38.3 Å². The molecule has 1 aliphatic rings. The lowest BCUT2D eigenvalue weighted by Crippen LogP contribution is -2.49. The number of hydrogen-bond donors (Lipinski definition) is 0. The van der Waals surface area contributed by atoms with Gasteiger partial charge >= 0.3 is 0 Å². The Bertz CT molecular complexity index is 694. The van der Waals surface area contributed by atoms with Crippen LogP contribution >= 0.6 is 0 Å². The summed E-state index contributed by atoms with van der Waals surface area (Å²) in [6, 6.07) is 7.97. The number of nitriles is 1. The molecule has 1 aliphatic heterocycles. The predicted octanol–water partition coefficient (Wildman–Crippen LogP) is 2.70. The van der Waals surface area contributed by atoms with Crippen LogP contribution in [0.25, 0.3) is 0 Å². The zero-order valence-electron chi connectivity index (χ0n) is 13.9. The number of rotatable bonds is 5. The summed E-state index contributed by atoms with van der Waals surface area (Å²) in [5.74, 6) is 0.0183. The van der Waals surface area contributed by atoms with Crippen LogP contribution in [0.3, 0.4) is 0 Å². The Hall–Kier alpha value is -1.42.